The van der Waals surface area contributed by atoms with Crippen molar-refractivity contribution in [3.05, 3.63) is 28.8 Å². The minimum atomic E-state index is 0.141. The maximum Gasteiger partial charge on any atom is 0.0755 e. The number of hydrogen-bond acceptors (Lipinski definition) is 3. The Bertz CT molecular complexity index is 451. The van der Waals surface area contributed by atoms with Crippen LogP contribution in [-0.2, 0) is 11.2 Å². The molecule has 0 aliphatic carbocycles. The van der Waals surface area contributed by atoms with Gasteiger partial charge in [-0.25, -0.2) is 0 Å². The number of nitrogens with zero attached hydrogens (tertiary/aromatic N) is 1. The fourth-order valence-electron chi connectivity index (χ4n) is 3.07. The molecular formula is C15H21ClN2O. The zero-order chi connectivity index (χ0) is 13.4. The van der Waals surface area contributed by atoms with Crippen molar-refractivity contribution < 1.29 is 4.74 Å². The number of benzene rings is 1. The van der Waals surface area contributed by atoms with Gasteiger partial charge < -0.3 is 15.4 Å². The van der Waals surface area contributed by atoms with E-state index in [9.17, 15) is 0 Å². The highest BCUT2D eigenvalue weighted by Crippen LogP contribution is 2.31. The normalized spacial score (nSPS) is 27.6. The fraction of sp³-hybridized carbons (Fsp3) is 0.600. The summed E-state index contributed by atoms with van der Waals surface area (Å²) in [6, 6.07) is 6.49. The summed E-state index contributed by atoms with van der Waals surface area (Å²) in [6.45, 7) is 3.98. The summed E-state index contributed by atoms with van der Waals surface area (Å²) in [6.07, 6.45) is 4.02. The van der Waals surface area contributed by atoms with Crippen LogP contribution in [0.15, 0.2) is 18.2 Å². The largest absolute Gasteiger partial charge is 0.371 e. The molecule has 2 N–H and O–H groups in total. The number of rotatable bonds is 3. The lowest BCUT2D eigenvalue weighted by Gasteiger charge is -2.34. The maximum absolute atomic E-state index is 6.37. The number of ether oxygens (including phenoxy) is 1. The van der Waals surface area contributed by atoms with Gasteiger partial charge in [-0.05, 0) is 43.9 Å². The monoisotopic (exact) mass is 280 g/mol. The molecule has 104 valence electrons. The summed E-state index contributed by atoms with van der Waals surface area (Å²) >= 11 is 6.37. The lowest BCUT2D eigenvalue weighted by Crippen LogP contribution is -2.42. The van der Waals surface area contributed by atoms with E-state index < -0.39 is 0 Å². The first-order chi connectivity index (χ1) is 9.11. The third-order valence-electron chi connectivity index (χ3n) is 3.99. The molecule has 4 heteroatoms. The van der Waals surface area contributed by atoms with Crippen molar-refractivity contribution in [1.29, 1.82) is 0 Å². The molecular weight excluding hydrogens is 260 g/mol. The van der Waals surface area contributed by atoms with Crippen molar-refractivity contribution in [2.45, 2.75) is 44.4 Å². The van der Waals surface area contributed by atoms with Crippen LogP contribution in [0.2, 0.25) is 5.02 Å². The first-order valence-corrected chi connectivity index (χ1v) is 7.44. The average molecular weight is 281 g/mol. The fourth-order valence-corrected chi connectivity index (χ4v) is 3.32. The van der Waals surface area contributed by atoms with Crippen LogP contribution in [0.5, 0.6) is 0 Å². The third-order valence-corrected chi connectivity index (χ3v) is 4.34. The Labute approximate surface area is 119 Å². The van der Waals surface area contributed by atoms with Crippen LogP contribution in [0, 0.1) is 0 Å². The molecule has 19 heavy (non-hydrogen) atoms. The van der Waals surface area contributed by atoms with Crippen LogP contribution in [0.1, 0.15) is 25.3 Å². The Hall–Kier alpha value is -0.770. The summed E-state index contributed by atoms with van der Waals surface area (Å²) < 4.78 is 5.86. The first kappa shape index (κ1) is 13.2. The van der Waals surface area contributed by atoms with Crippen molar-refractivity contribution >= 4 is 17.3 Å². The number of halogens is 1. The van der Waals surface area contributed by atoms with Gasteiger partial charge in [-0.1, -0.05) is 17.7 Å². The summed E-state index contributed by atoms with van der Waals surface area (Å²) in [5.74, 6) is 0. The molecule has 0 aromatic heterocycles. The van der Waals surface area contributed by atoms with E-state index in [1.165, 1.54) is 18.5 Å². The Kier molecular flexibility index (Phi) is 3.70. The van der Waals surface area contributed by atoms with Crippen molar-refractivity contribution in [2.24, 2.45) is 5.73 Å². The summed E-state index contributed by atoms with van der Waals surface area (Å²) in [5.41, 5.74) is 8.18. The molecule has 0 amide bonds. The van der Waals surface area contributed by atoms with Gasteiger partial charge in [0.05, 0.1) is 12.2 Å². The van der Waals surface area contributed by atoms with Crippen LogP contribution in [0.25, 0.3) is 0 Å². The lowest BCUT2D eigenvalue weighted by atomic mass is 10.1. The van der Waals surface area contributed by atoms with E-state index >= 15 is 0 Å². The third kappa shape index (κ3) is 2.88. The highest BCUT2D eigenvalue weighted by atomic mass is 35.5. The topological polar surface area (TPSA) is 38.5 Å². The Morgan fingerprint density at radius 1 is 1.37 bits per heavy atom. The Morgan fingerprint density at radius 3 is 2.63 bits per heavy atom. The van der Waals surface area contributed by atoms with Crippen LogP contribution >= 0.6 is 11.6 Å². The second-order valence-corrected chi connectivity index (χ2v) is 6.23. The van der Waals surface area contributed by atoms with Gasteiger partial charge in [0.25, 0.3) is 0 Å². The molecule has 0 radical (unpaired) electrons. The zero-order valence-electron chi connectivity index (χ0n) is 11.3. The maximum atomic E-state index is 6.37. The second-order valence-electron chi connectivity index (χ2n) is 5.82. The van der Waals surface area contributed by atoms with E-state index in [1.54, 1.807) is 0 Å². The second kappa shape index (κ2) is 5.31. The SMILES string of the molecule is CC(N)Cc1ccc(N2CC3CCC(C2)O3)cc1Cl. The molecule has 2 aliphatic rings. The van der Waals surface area contributed by atoms with Crippen molar-refractivity contribution in [3.8, 4) is 0 Å². The molecule has 0 spiro atoms. The lowest BCUT2D eigenvalue weighted by molar-refractivity contribution is 0.0305. The van der Waals surface area contributed by atoms with Crippen molar-refractivity contribution in [2.75, 3.05) is 18.0 Å². The van der Waals surface area contributed by atoms with Gasteiger partial charge in [0.1, 0.15) is 0 Å². The highest BCUT2D eigenvalue weighted by Gasteiger charge is 2.33. The van der Waals surface area contributed by atoms with E-state index in [-0.39, 0.29) is 6.04 Å². The van der Waals surface area contributed by atoms with Gasteiger partial charge in [-0.3, -0.25) is 0 Å². The molecule has 2 aliphatic heterocycles. The van der Waals surface area contributed by atoms with Crippen LogP contribution in [0.4, 0.5) is 5.69 Å². The molecule has 1 aromatic rings. The summed E-state index contributed by atoms with van der Waals surface area (Å²) in [5, 5.41) is 0.827. The average Bonchev–Trinajstić information content (AvgIpc) is 2.70. The van der Waals surface area contributed by atoms with Crippen LogP contribution in [-0.4, -0.2) is 31.3 Å². The van der Waals surface area contributed by atoms with Gasteiger partial charge in [-0.15, -0.1) is 0 Å². The van der Waals surface area contributed by atoms with E-state index in [1.807, 2.05) is 6.92 Å². The van der Waals surface area contributed by atoms with Crippen molar-refractivity contribution in [3.63, 3.8) is 0 Å². The smallest absolute Gasteiger partial charge is 0.0755 e. The molecule has 1 aromatic carbocycles. The van der Waals surface area contributed by atoms with E-state index in [0.29, 0.717) is 12.2 Å². The first-order valence-electron chi connectivity index (χ1n) is 7.06. The molecule has 2 bridgehead atoms. The van der Waals surface area contributed by atoms with Gasteiger partial charge in [-0.2, -0.15) is 0 Å². The van der Waals surface area contributed by atoms with Gasteiger partial charge in [0.2, 0.25) is 0 Å². The highest BCUT2D eigenvalue weighted by molar-refractivity contribution is 6.31. The minimum Gasteiger partial charge on any atom is -0.371 e. The predicted molar refractivity (Wildman–Crippen MR) is 78.9 cm³/mol. The molecule has 3 atom stereocenters. The van der Waals surface area contributed by atoms with E-state index in [4.69, 9.17) is 22.1 Å². The van der Waals surface area contributed by atoms with Gasteiger partial charge >= 0.3 is 0 Å². The molecule has 2 fully saturated rings. The molecule has 3 unspecified atom stereocenters. The Balaban J connectivity index is 1.76. The summed E-state index contributed by atoms with van der Waals surface area (Å²) in [4.78, 5) is 2.40. The van der Waals surface area contributed by atoms with Crippen LogP contribution < -0.4 is 10.6 Å². The van der Waals surface area contributed by atoms with Crippen LogP contribution in [0.3, 0.4) is 0 Å². The number of nitrogens with two attached hydrogens (primary N) is 1. The molecule has 2 heterocycles. The number of morpholine rings is 1. The van der Waals surface area contributed by atoms with E-state index in [2.05, 4.69) is 23.1 Å². The number of hydrogen-bond donors (Lipinski definition) is 1. The molecule has 2 saturated heterocycles. The quantitative estimate of drug-likeness (QED) is 0.925. The number of fused-ring (bicyclic) bond motifs is 2. The van der Waals surface area contributed by atoms with Gasteiger partial charge in [0.15, 0.2) is 0 Å². The zero-order valence-corrected chi connectivity index (χ0v) is 12.1. The minimum absolute atomic E-state index is 0.141. The molecule has 3 nitrogen and oxygen atoms in total. The standard InChI is InChI=1S/C15H21ClN2O/c1-10(17)6-11-2-3-12(7-15(11)16)18-8-13-4-5-14(9-18)19-13/h2-3,7,10,13-14H,4-6,8-9,17H2,1H3. The molecule has 0 saturated carbocycles. The number of anilines is 1. The summed E-state index contributed by atoms with van der Waals surface area (Å²) in [7, 11) is 0. The van der Waals surface area contributed by atoms with Crippen molar-refractivity contribution in [1.82, 2.24) is 0 Å². The van der Waals surface area contributed by atoms with E-state index in [0.717, 1.165) is 30.1 Å². The molecule has 3 rings (SSSR count). The predicted octanol–water partition coefficient (Wildman–Crippen LogP) is 2.60. The van der Waals surface area contributed by atoms with Gasteiger partial charge in [0, 0.05) is 29.8 Å². The Morgan fingerprint density at radius 2 is 2.05 bits per heavy atom.